The molecule has 2 aromatic heterocycles. The summed E-state index contributed by atoms with van der Waals surface area (Å²) in [6.45, 7) is 0. The van der Waals surface area contributed by atoms with Crippen LogP contribution in [0.5, 0.6) is 0 Å². The SMILES string of the molecule is Clc1cc(CCc2ccccn2)c2oc(-c3ccccc3Cl)nc2c1. The lowest BCUT2D eigenvalue weighted by molar-refractivity contribution is 0.614. The van der Waals surface area contributed by atoms with Gasteiger partial charge in [0, 0.05) is 16.9 Å². The van der Waals surface area contributed by atoms with Crippen LogP contribution in [0, 0.1) is 0 Å². The van der Waals surface area contributed by atoms with E-state index in [1.165, 1.54) is 0 Å². The molecule has 0 aliphatic carbocycles. The van der Waals surface area contributed by atoms with Gasteiger partial charge in [0.05, 0.1) is 10.6 Å². The van der Waals surface area contributed by atoms with Crippen molar-refractivity contribution >= 4 is 34.3 Å². The minimum atomic E-state index is 0.502. The molecule has 0 N–H and O–H groups in total. The van der Waals surface area contributed by atoms with Crippen LogP contribution in [0.4, 0.5) is 0 Å². The normalized spacial score (nSPS) is 11.1. The van der Waals surface area contributed by atoms with Gasteiger partial charge in [-0.1, -0.05) is 41.4 Å². The first kappa shape index (κ1) is 16.1. The molecule has 25 heavy (non-hydrogen) atoms. The van der Waals surface area contributed by atoms with E-state index >= 15 is 0 Å². The molecule has 0 atom stereocenters. The van der Waals surface area contributed by atoms with Gasteiger partial charge < -0.3 is 4.42 Å². The van der Waals surface area contributed by atoms with E-state index < -0.39 is 0 Å². The summed E-state index contributed by atoms with van der Waals surface area (Å²) in [5, 5.41) is 1.25. The number of halogens is 2. The number of pyridine rings is 1. The first-order chi connectivity index (χ1) is 12.2. The molecule has 2 aromatic carbocycles. The zero-order chi connectivity index (χ0) is 17.2. The third kappa shape index (κ3) is 3.39. The van der Waals surface area contributed by atoms with Gasteiger partial charge in [-0.2, -0.15) is 0 Å². The van der Waals surface area contributed by atoms with Crippen LogP contribution in [0.2, 0.25) is 10.0 Å². The maximum atomic E-state index is 6.27. The average Bonchev–Trinajstić information content (AvgIpc) is 3.04. The number of aromatic nitrogens is 2. The summed E-state index contributed by atoms with van der Waals surface area (Å²) in [5.74, 6) is 0.502. The predicted octanol–water partition coefficient (Wildman–Crippen LogP) is 5.98. The van der Waals surface area contributed by atoms with Crippen molar-refractivity contribution in [3.05, 3.63) is 82.1 Å². The predicted molar refractivity (Wildman–Crippen MR) is 101 cm³/mol. The fourth-order valence-electron chi connectivity index (χ4n) is 2.81. The van der Waals surface area contributed by atoms with Crippen molar-refractivity contribution in [3.63, 3.8) is 0 Å². The summed E-state index contributed by atoms with van der Waals surface area (Å²) in [4.78, 5) is 8.93. The number of hydrogen-bond acceptors (Lipinski definition) is 3. The highest BCUT2D eigenvalue weighted by atomic mass is 35.5. The van der Waals surface area contributed by atoms with Gasteiger partial charge in [0.15, 0.2) is 5.58 Å². The Morgan fingerprint density at radius 3 is 2.56 bits per heavy atom. The van der Waals surface area contributed by atoms with E-state index in [-0.39, 0.29) is 0 Å². The van der Waals surface area contributed by atoms with E-state index in [1.807, 2.05) is 54.6 Å². The van der Waals surface area contributed by atoms with Crippen molar-refractivity contribution in [1.29, 1.82) is 0 Å². The van der Waals surface area contributed by atoms with Gasteiger partial charge in [0.25, 0.3) is 0 Å². The number of aryl methyl sites for hydroxylation is 2. The van der Waals surface area contributed by atoms with Crippen LogP contribution in [-0.4, -0.2) is 9.97 Å². The first-order valence-corrected chi connectivity index (χ1v) is 8.70. The maximum Gasteiger partial charge on any atom is 0.228 e. The Bertz CT molecular complexity index is 1030. The van der Waals surface area contributed by atoms with E-state index in [9.17, 15) is 0 Å². The lowest BCUT2D eigenvalue weighted by atomic mass is 10.1. The second kappa shape index (κ2) is 6.87. The molecule has 2 heterocycles. The third-order valence-electron chi connectivity index (χ3n) is 4.01. The van der Waals surface area contributed by atoms with Crippen molar-refractivity contribution in [3.8, 4) is 11.5 Å². The molecule has 0 aliphatic rings. The molecule has 0 saturated heterocycles. The smallest absolute Gasteiger partial charge is 0.228 e. The molecule has 3 nitrogen and oxygen atoms in total. The minimum Gasteiger partial charge on any atom is -0.436 e. The van der Waals surface area contributed by atoms with Gasteiger partial charge in [-0.25, -0.2) is 4.98 Å². The average molecular weight is 369 g/mol. The molecule has 0 amide bonds. The van der Waals surface area contributed by atoms with E-state index in [4.69, 9.17) is 27.6 Å². The number of fused-ring (bicyclic) bond motifs is 1. The van der Waals surface area contributed by atoms with Gasteiger partial charge in [-0.05, 0) is 54.8 Å². The van der Waals surface area contributed by atoms with Gasteiger partial charge in [-0.3, -0.25) is 4.98 Å². The Morgan fingerprint density at radius 2 is 1.76 bits per heavy atom. The highest BCUT2D eigenvalue weighted by Gasteiger charge is 2.15. The molecule has 4 rings (SSSR count). The molecule has 0 spiro atoms. The molecule has 124 valence electrons. The Hall–Kier alpha value is -2.36. The first-order valence-electron chi connectivity index (χ1n) is 7.94. The van der Waals surface area contributed by atoms with Crippen LogP contribution < -0.4 is 0 Å². The van der Waals surface area contributed by atoms with Crippen LogP contribution >= 0.6 is 23.2 Å². The highest BCUT2D eigenvalue weighted by molar-refractivity contribution is 6.33. The fraction of sp³-hybridized carbons (Fsp3) is 0.100. The summed E-state index contributed by atoms with van der Waals surface area (Å²) in [6.07, 6.45) is 3.37. The maximum absolute atomic E-state index is 6.27. The lowest BCUT2D eigenvalue weighted by Crippen LogP contribution is -1.94. The lowest BCUT2D eigenvalue weighted by Gasteiger charge is -2.03. The van der Waals surface area contributed by atoms with Crippen LogP contribution in [0.3, 0.4) is 0 Å². The third-order valence-corrected chi connectivity index (χ3v) is 4.56. The standard InChI is InChI=1S/C20H14Cl2N2O/c21-14-11-13(8-9-15-5-3-4-10-23-15)19-18(12-14)24-20(25-19)16-6-1-2-7-17(16)22/h1-7,10-12H,8-9H2. The van der Waals surface area contributed by atoms with Crippen molar-refractivity contribution in [2.24, 2.45) is 0 Å². The van der Waals surface area contributed by atoms with Gasteiger partial charge >= 0.3 is 0 Å². The molecule has 0 bridgehead atoms. The second-order valence-electron chi connectivity index (χ2n) is 5.73. The zero-order valence-electron chi connectivity index (χ0n) is 13.2. The topological polar surface area (TPSA) is 38.9 Å². The molecular formula is C20H14Cl2N2O. The van der Waals surface area contributed by atoms with Crippen molar-refractivity contribution < 1.29 is 4.42 Å². The summed E-state index contributed by atoms with van der Waals surface area (Å²) < 4.78 is 6.03. The van der Waals surface area contributed by atoms with E-state index in [1.54, 1.807) is 6.20 Å². The quantitative estimate of drug-likeness (QED) is 0.444. The Labute approximate surface area is 155 Å². The number of oxazole rings is 1. The summed E-state index contributed by atoms with van der Waals surface area (Å²) in [7, 11) is 0. The molecule has 0 radical (unpaired) electrons. The van der Waals surface area contributed by atoms with Gasteiger partial charge in [0.2, 0.25) is 5.89 Å². The second-order valence-corrected chi connectivity index (χ2v) is 6.58. The molecule has 0 aliphatic heterocycles. The van der Waals surface area contributed by atoms with Crippen molar-refractivity contribution in [2.45, 2.75) is 12.8 Å². The van der Waals surface area contributed by atoms with E-state index in [0.717, 1.165) is 40.8 Å². The Morgan fingerprint density at radius 1 is 0.920 bits per heavy atom. The fourth-order valence-corrected chi connectivity index (χ4v) is 3.26. The van der Waals surface area contributed by atoms with Gasteiger partial charge in [-0.15, -0.1) is 0 Å². The molecule has 0 fully saturated rings. The molecule has 5 heteroatoms. The van der Waals surface area contributed by atoms with Crippen molar-refractivity contribution in [2.75, 3.05) is 0 Å². The van der Waals surface area contributed by atoms with E-state index in [0.29, 0.717) is 15.9 Å². The Balaban J connectivity index is 1.73. The highest BCUT2D eigenvalue weighted by Crippen LogP contribution is 2.32. The van der Waals surface area contributed by atoms with Crippen LogP contribution in [0.15, 0.2) is 65.2 Å². The number of hydrogen-bond donors (Lipinski definition) is 0. The van der Waals surface area contributed by atoms with Crippen LogP contribution in [-0.2, 0) is 12.8 Å². The summed E-state index contributed by atoms with van der Waals surface area (Å²) >= 11 is 12.5. The largest absolute Gasteiger partial charge is 0.436 e. The zero-order valence-corrected chi connectivity index (χ0v) is 14.8. The van der Waals surface area contributed by atoms with Crippen molar-refractivity contribution in [1.82, 2.24) is 9.97 Å². The number of rotatable bonds is 4. The molecule has 0 saturated carbocycles. The number of benzene rings is 2. The molecule has 0 unspecified atom stereocenters. The summed E-state index contributed by atoms with van der Waals surface area (Å²) in [5.41, 5.74) is 4.29. The van der Waals surface area contributed by atoms with Gasteiger partial charge in [0.1, 0.15) is 5.52 Å². The van der Waals surface area contributed by atoms with E-state index in [2.05, 4.69) is 9.97 Å². The molecule has 4 aromatic rings. The Kier molecular flexibility index (Phi) is 4.43. The summed E-state index contributed by atoms with van der Waals surface area (Å²) in [6, 6.07) is 17.1. The monoisotopic (exact) mass is 368 g/mol. The van der Waals surface area contributed by atoms with Crippen LogP contribution in [0.1, 0.15) is 11.3 Å². The molecular weight excluding hydrogens is 355 g/mol. The minimum absolute atomic E-state index is 0.502. The van der Waals surface area contributed by atoms with Crippen LogP contribution in [0.25, 0.3) is 22.6 Å². The number of nitrogens with zero attached hydrogens (tertiary/aromatic N) is 2.